The van der Waals surface area contributed by atoms with Gasteiger partial charge in [0.1, 0.15) is 0 Å². The molecule has 0 radical (unpaired) electrons. The average Bonchev–Trinajstić information content (AvgIpc) is 2.47. The molecule has 0 amide bonds. The second-order valence-electron chi connectivity index (χ2n) is 5.17. The summed E-state index contributed by atoms with van der Waals surface area (Å²) in [4.78, 5) is 13.6. The van der Waals surface area contributed by atoms with E-state index in [-0.39, 0.29) is 0 Å². The van der Waals surface area contributed by atoms with Crippen LogP contribution in [-0.2, 0) is 6.54 Å². The molecule has 4 nitrogen and oxygen atoms in total. The zero-order valence-electron chi connectivity index (χ0n) is 12.0. The van der Waals surface area contributed by atoms with Crippen molar-refractivity contribution in [3.8, 4) is 0 Å². The van der Waals surface area contributed by atoms with Crippen LogP contribution in [0, 0.1) is 0 Å². The molecule has 0 aromatic carbocycles. The molecule has 1 aromatic heterocycles. The monoisotopic (exact) mass is 280 g/mol. The molecule has 1 aliphatic heterocycles. The summed E-state index contributed by atoms with van der Waals surface area (Å²) in [5.74, 6) is 2.07. The molecule has 1 aliphatic rings. The van der Waals surface area contributed by atoms with Crippen molar-refractivity contribution in [2.75, 3.05) is 43.6 Å². The molecule has 0 saturated carbocycles. The fourth-order valence-corrected chi connectivity index (χ4v) is 2.82. The summed E-state index contributed by atoms with van der Waals surface area (Å²) < 4.78 is 0. The first-order valence-corrected chi connectivity index (χ1v) is 8.42. The summed E-state index contributed by atoms with van der Waals surface area (Å²) in [6, 6.07) is 0. The minimum absolute atomic E-state index is 0.898. The Morgan fingerprint density at radius 3 is 2.53 bits per heavy atom. The number of hydrogen-bond acceptors (Lipinski definition) is 5. The molecule has 1 saturated heterocycles. The van der Waals surface area contributed by atoms with Gasteiger partial charge in [0.15, 0.2) is 0 Å². The molecular weight excluding hydrogens is 256 g/mol. The van der Waals surface area contributed by atoms with E-state index in [0.717, 1.165) is 32.1 Å². The summed E-state index contributed by atoms with van der Waals surface area (Å²) >= 11 is 1.88. The Hall–Kier alpha value is -0.810. The summed E-state index contributed by atoms with van der Waals surface area (Å²) in [6.07, 6.45) is 9.98. The lowest BCUT2D eigenvalue weighted by molar-refractivity contribution is 0.348. The van der Waals surface area contributed by atoms with E-state index in [1.54, 1.807) is 0 Å². The number of nitrogens with zero attached hydrogens (tertiary/aromatic N) is 4. The first-order valence-electron chi connectivity index (χ1n) is 7.03. The van der Waals surface area contributed by atoms with Gasteiger partial charge in [0.25, 0.3) is 0 Å². The molecule has 0 N–H and O–H groups in total. The van der Waals surface area contributed by atoms with E-state index >= 15 is 0 Å². The molecule has 1 aromatic rings. The van der Waals surface area contributed by atoms with E-state index in [4.69, 9.17) is 0 Å². The Balaban J connectivity index is 1.86. The van der Waals surface area contributed by atoms with E-state index < -0.39 is 0 Å². The molecule has 0 atom stereocenters. The standard InChI is InChI=1S/C14H24N4S/c1-17(8-9-19-2)12-13-10-15-14(16-11-13)18-6-4-3-5-7-18/h10-11H,3-9,12H2,1-2H3. The highest BCUT2D eigenvalue weighted by molar-refractivity contribution is 7.98. The number of anilines is 1. The maximum absolute atomic E-state index is 4.52. The van der Waals surface area contributed by atoms with Crippen LogP contribution in [0.15, 0.2) is 12.4 Å². The van der Waals surface area contributed by atoms with E-state index in [0.29, 0.717) is 0 Å². The van der Waals surface area contributed by atoms with Gasteiger partial charge in [-0.2, -0.15) is 11.8 Å². The second-order valence-corrected chi connectivity index (χ2v) is 6.16. The van der Waals surface area contributed by atoms with Crippen LogP contribution in [0.25, 0.3) is 0 Å². The van der Waals surface area contributed by atoms with Gasteiger partial charge in [-0.3, -0.25) is 0 Å². The van der Waals surface area contributed by atoms with Crippen molar-refractivity contribution < 1.29 is 0 Å². The zero-order chi connectivity index (χ0) is 13.5. The minimum atomic E-state index is 0.898. The number of piperidine rings is 1. The van der Waals surface area contributed by atoms with Crippen LogP contribution in [0.4, 0.5) is 5.95 Å². The molecular formula is C14H24N4S. The third kappa shape index (κ3) is 4.66. The fraction of sp³-hybridized carbons (Fsp3) is 0.714. The van der Waals surface area contributed by atoms with Crippen LogP contribution >= 0.6 is 11.8 Å². The quantitative estimate of drug-likeness (QED) is 0.798. The molecule has 0 bridgehead atoms. The molecule has 5 heteroatoms. The highest BCUT2D eigenvalue weighted by Gasteiger charge is 2.13. The molecule has 2 heterocycles. The maximum Gasteiger partial charge on any atom is 0.225 e. The van der Waals surface area contributed by atoms with Gasteiger partial charge < -0.3 is 9.80 Å². The smallest absolute Gasteiger partial charge is 0.225 e. The van der Waals surface area contributed by atoms with Gasteiger partial charge in [0, 0.05) is 49.9 Å². The highest BCUT2D eigenvalue weighted by Crippen LogP contribution is 2.15. The summed E-state index contributed by atoms with van der Waals surface area (Å²) in [5.41, 5.74) is 1.20. The Morgan fingerprint density at radius 1 is 1.21 bits per heavy atom. The maximum atomic E-state index is 4.52. The summed E-state index contributed by atoms with van der Waals surface area (Å²) in [6.45, 7) is 4.25. The fourth-order valence-electron chi connectivity index (χ4n) is 2.32. The minimum Gasteiger partial charge on any atom is -0.341 e. The van der Waals surface area contributed by atoms with Crippen molar-refractivity contribution in [1.82, 2.24) is 14.9 Å². The van der Waals surface area contributed by atoms with Crippen molar-refractivity contribution in [3.63, 3.8) is 0 Å². The molecule has 0 unspecified atom stereocenters. The van der Waals surface area contributed by atoms with Crippen LogP contribution in [0.3, 0.4) is 0 Å². The lowest BCUT2D eigenvalue weighted by Gasteiger charge is -2.26. The van der Waals surface area contributed by atoms with Crippen LogP contribution in [0.5, 0.6) is 0 Å². The molecule has 19 heavy (non-hydrogen) atoms. The van der Waals surface area contributed by atoms with Crippen LogP contribution in [-0.4, -0.2) is 53.6 Å². The number of aromatic nitrogens is 2. The Bertz CT molecular complexity index is 362. The van der Waals surface area contributed by atoms with Gasteiger partial charge in [-0.25, -0.2) is 9.97 Å². The van der Waals surface area contributed by atoms with Gasteiger partial charge in [-0.1, -0.05) is 0 Å². The Kier molecular flexibility index (Phi) is 5.92. The molecule has 1 fully saturated rings. The van der Waals surface area contributed by atoms with E-state index in [1.807, 2.05) is 24.2 Å². The molecule has 0 aliphatic carbocycles. The number of rotatable bonds is 6. The predicted molar refractivity (Wildman–Crippen MR) is 82.8 cm³/mol. The average molecular weight is 280 g/mol. The summed E-state index contributed by atoms with van der Waals surface area (Å²) in [5, 5.41) is 0. The third-order valence-electron chi connectivity index (χ3n) is 3.46. The largest absolute Gasteiger partial charge is 0.341 e. The van der Waals surface area contributed by atoms with Crippen molar-refractivity contribution in [2.45, 2.75) is 25.8 Å². The highest BCUT2D eigenvalue weighted by atomic mass is 32.2. The Labute approximate surface area is 120 Å². The van der Waals surface area contributed by atoms with Crippen LogP contribution in [0.2, 0.25) is 0 Å². The van der Waals surface area contributed by atoms with Gasteiger partial charge in [-0.15, -0.1) is 0 Å². The van der Waals surface area contributed by atoms with Gasteiger partial charge in [-0.05, 0) is 32.6 Å². The van der Waals surface area contributed by atoms with Gasteiger partial charge in [0.2, 0.25) is 5.95 Å². The molecule has 2 rings (SSSR count). The van der Waals surface area contributed by atoms with Crippen LogP contribution in [0.1, 0.15) is 24.8 Å². The molecule has 0 spiro atoms. The van der Waals surface area contributed by atoms with Crippen molar-refractivity contribution in [2.24, 2.45) is 0 Å². The lowest BCUT2D eigenvalue weighted by atomic mass is 10.1. The third-order valence-corrected chi connectivity index (χ3v) is 4.05. The SMILES string of the molecule is CSCCN(C)Cc1cnc(N2CCCCC2)nc1. The van der Waals surface area contributed by atoms with E-state index in [1.165, 1.54) is 30.6 Å². The van der Waals surface area contributed by atoms with Crippen molar-refractivity contribution >= 4 is 17.7 Å². The first-order chi connectivity index (χ1) is 9.29. The predicted octanol–water partition coefficient (Wildman–Crippen LogP) is 2.26. The zero-order valence-corrected chi connectivity index (χ0v) is 12.8. The van der Waals surface area contributed by atoms with Crippen molar-refractivity contribution in [1.29, 1.82) is 0 Å². The van der Waals surface area contributed by atoms with Gasteiger partial charge >= 0.3 is 0 Å². The first kappa shape index (κ1) is 14.6. The summed E-state index contributed by atoms with van der Waals surface area (Å²) in [7, 11) is 2.15. The topological polar surface area (TPSA) is 32.3 Å². The Morgan fingerprint density at radius 2 is 1.89 bits per heavy atom. The number of thioether (sulfide) groups is 1. The van der Waals surface area contributed by atoms with E-state index in [9.17, 15) is 0 Å². The normalized spacial score (nSPS) is 16.1. The molecule has 106 valence electrons. The van der Waals surface area contributed by atoms with Crippen molar-refractivity contribution in [3.05, 3.63) is 18.0 Å². The number of hydrogen-bond donors (Lipinski definition) is 0. The van der Waals surface area contributed by atoms with Gasteiger partial charge in [0.05, 0.1) is 0 Å². The van der Waals surface area contributed by atoms with Crippen LogP contribution < -0.4 is 4.90 Å². The lowest BCUT2D eigenvalue weighted by Crippen LogP contribution is -2.31. The second kappa shape index (κ2) is 7.70. The van der Waals surface area contributed by atoms with E-state index in [2.05, 4.69) is 33.1 Å².